The molecule has 0 aromatic heterocycles. The fourth-order valence-corrected chi connectivity index (χ4v) is 3.44. The van der Waals surface area contributed by atoms with Crippen LogP contribution in [-0.2, 0) is 20.9 Å². The van der Waals surface area contributed by atoms with Gasteiger partial charge < -0.3 is 14.6 Å². The van der Waals surface area contributed by atoms with Gasteiger partial charge in [0.05, 0.1) is 44.8 Å². The van der Waals surface area contributed by atoms with Crippen LogP contribution in [0.1, 0.15) is 18.4 Å². The van der Waals surface area contributed by atoms with Gasteiger partial charge in [0.15, 0.2) is 0 Å². The standard InChI is InChI=1S/C19H23NO5/c1-24-17-9-5-2-6-13(17)11-25-12-14(21)10-20-18(22)15-7-3-4-8-16(15)19(20)23/h2-6,9,14-16,21H,7-8,10-12H2,1H3/t14-,15-,16-/m0/s1. The average molecular weight is 345 g/mol. The SMILES string of the molecule is COc1ccccc1COC[C@@H](O)CN1C(=O)[C@H]2CC=CC[C@@H]2C1=O. The van der Waals surface area contributed by atoms with E-state index >= 15 is 0 Å². The molecule has 1 heterocycles. The fraction of sp³-hybridized carbons (Fsp3) is 0.474. The minimum Gasteiger partial charge on any atom is -0.496 e. The molecule has 1 N–H and O–H groups in total. The molecule has 0 radical (unpaired) electrons. The van der Waals surface area contributed by atoms with Crippen molar-refractivity contribution in [2.24, 2.45) is 11.8 Å². The lowest BCUT2D eigenvalue weighted by Crippen LogP contribution is -2.39. The summed E-state index contributed by atoms with van der Waals surface area (Å²) in [6.45, 7) is 0.317. The molecular formula is C19H23NO5. The van der Waals surface area contributed by atoms with Gasteiger partial charge >= 0.3 is 0 Å². The van der Waals surface area contributed by atoms with Crippen LogP contribution in [-0.4, -0.2) is 48.2 Å². The van der Waals surface area contributed by atoms with Crippen LogP contribution >= 0.6 is 0 Å². The molecule has 3 atom stereocenters. The number of carbonyl (C=O) groups excluding carboxylic acids is 2. The van der Waals surface area contributed by atoms with E-state index in [0.717, 1.165) is 11.3 Å². The number of nitrogens with zero attached hydrogens (tertiary/aromatic N) is 1. The number of fused-ring (bicyclic) bond motifs is 1. The smallest absolute Gasteiger partial charge is 0.233 e. The van der Waals surface area contributed by atoms with Crippen molar-refractivity contribution < 1.29 is 24.2 Å². The molecule has 0 spiro atoms. The van der Waals surface area contributed by atoms with Gasteiger partial charge in [-0.05, 0) is 18.9 Å². The number of methoxy groups -OCH3 is 1. The van der Waals surface area contributed by atoms with Crippen LogP contribution in [0.2, 0.25) is 0 Å². The molecule has 2 amide bonds. The van der Waals surface area contributed by atoms with E-state index in [2.05, 4.69) is 0 Å². The number of para-hydroxylation sites is 1. The molecule has 0 bridgehead atoms. The number of carbonyl (C=O) groups is 2. The molecule has 1 aliphatic carbocycles. The molecule has 1 fully saturated rings. The molecule has 1 aliphatic heterocycles. The summed E-state index contributed by atoms with van der Waals surface area (Å²) in [7, 11) is 1.59. The van der Waals surface area contributed by atoms with E-state index in [1.807, 2.05) is 36.4 Å². The first-order chi connectivity index (χ1) is 12.1. The number of amides is 2. The Morgan fingerprint density at radius 3 is 2.44 bits per heavy atom. The Morgan fingerprint density at radius 2 is 1.80 bits per heavy atom. The summed E-state index contributed by atoms with van der Waals surface area (Å²) in [5.74, 6) is -0.164. The largest absolute Gasteiger partial charge is 0.496 e. The number of hydrogen-bond acceptors (Lipinski definition) is 5. The molecule has 2 aliphatic rings. The predicted molar refractivity (Wildman–Crippen MR) is 90.7 cm³/mol. The topological polar surface area (TPSA) is 76.1 Å². The molecule has 134 valence electrons. The van der Waals surface area contributed by atoms with Crippen LogP contribution in [0.3, 0.4) is 0 Å². The molecule has 25 heavy (non-hydrogen) atoms. The second kappa shape index (κ2) is 7.80. The van der Waals surface area contributed by atoms with Crippen LogP contribution < -0.4 is 4.74 Å². The number of likely N-dealkylation sites (tertiary alicyclic amines) is 1. The number of ether oxygens (including phenoxy) is 2. The Bertz CT molecular complexity index is 646. The van der Waals surface area contributed by atoms with Gasteiger partial charge in [0, 0.05) is 5.56 Å². The van der Waals surface area contributed by atoms with Crippen molar-refractivity contribution in [2.75, 3.05) is 20.3 Å². The minimum absolute atomic E-state index is 0.0173. The Kier molecular flexibility index (Phi) is 5.50. The van der Waals surface area contributed by atoms with Crippen molar-refractivity contribution >= 4 is 11.8 Å². The highest BCUT2D eigenvalue weighted by molar-refractivity contribution is 6.05. The number of β-amino-alcohol motifs (C(OH)–C–C–N with tert-alkyl or cyclic N) is 1. The number of hydrogen-bond donors (Lipinski definition) is 1. The van der Waals surface area contributed by atoms with Gasteiger partial charge in [-0.2, -0.15) is 0 Å². The summed E-state index contributed by atoms with van der Waals surface area (Å²) in [5, 5.41) is 10.2. The predicted octanol–water partition coefficient (Wildman–Crippen LogP) is 1.52. The summed E-state index contributed by atoms with van der Waals surface area (Å²) in [6.07, 6.45) is 4.19. The zero-order valence-electron chi connectivity index (χ0n) is 14.3. The second-order valence-corrected chi connectivity index (χ2v) is 6.42. The molecular weight excluding hydrogens is 322 g/mol. The Balaban J connectivity index is 1.50. The highest BCUT2D eigenvalue weighted by atomic mass is 16.5. The molecule has 0 unspecified atom stereocenters. The van der Waals surface area contributed by atoms with E-state index in [0.29, 0.717) is 12.8 Å². The van der Waals surface area contributed by atoms with Crippen LogP contribution in [0.4, 0.5) is 0 Å². The van der Waals surface area contributed by atoms with E-state index < -0.39 is 6.10 Å². The number of imide groups is 1. The molecule has 0 saturated carbocycles. The van der Waals surface area contributed by atoms with Crippen molar-refractivity contribution in [3.05, 3.63) is 42.0 Å². The molecule has 1 saturated heterocycles. The highest BCUT2D eigenvalue weighted by Gasteiger charge is 2.47. The number of benzene rings is 1. The maximum absolute atomic E-state index is 12.4. The lowest BCUT2D eigenvalue weighted by molar-refractivity contribution is -0.142. The van der Waals surface area contributed by atoms with Crippen molar-refractivity contribution in [2.45, 2.75) is 25.6 Å². The second-order valence-electron chi connectivity index (χ2n) is 6.42. The molecule has 6 heteroatoms. The van der Waals surface area contributed by atoms with E-state index in [1.54, 1.807) is 7.11 Å². The highest BCUT2D eigenvalue weighted by Crippen LogP contribution is 2.35. The van der Waals surface area contributed by atoms with E-state index in [4.69, 9.17) is 9.47 Å². The Morgan fingerprint density at radius 1 is 1.16 bits per heavy atom. The molecule has 6 nitrogen and oxygen atoms in total. The van der Waals surface area contributed by atoms with Crippen LogP contribution in [0.5, 0.6) is 5.75 Å². The van der Waals surface area contributed by atoms with Gasteiger partial charge in [0.25, 0.3) is 0 Å². The minimum atomic E-state index is -0.907. The summed E-state index contributed by atoms with van der Waals surface area (Å²) in [5.41, 5.74) is 0.877. The molecule has 1 aromatic carbocycles. The third-order valence-electron chi connectivity index (χ3n) is 4.75. The summed E-state index contributed by atoms with van der Waals surface area (Å²) in [6, 6.07) is 7.48. The summed E-state index contributed by atoms with van der Waals surface area (Å²) in [4.78, 5) is 25.9. The van der Waals surface area contributed by atoms with Crippen molar-refractivity contribution in [1.82, 2.24) is 4.90 Å². The number of rotatable bonds is 7. The lowest BCUT2D eigenvalue weighted by Gasteiger charge is -2.19. The molecule has 3 rings (SSSR count). The quantitative estimate of drug-likeness (QED) is 0.599. The van der Waals surface area contributed by atoms with Gasteiger partial charge in [-0.25, -0.2) is 0 Å². The van der Waals surface area contributed by atoms with Gasteiger partial charge in [0.1, 0.15) is 5.75 Å². The van der Waals surface area contributed by atoms with E-state index in [-0.39, 0.29) is 43.4 Å². The summed E-state index contributed by atoms with van der Waals surface area (Å²) >= 11 is 0. The maximum Gasteiger partial charge on any atom is 0.233 e. The number of aliphatic hydroxyl groups excluding tert-OH is 1. The number of aliphatic hydroxyl groups is 1. The maximum atomic E-state index is 12.4. The zero-order valence-corrected chi connectivity index (χ0v) is 14.3. The van der Waals surface area contributed by atoms with Crippen LogP contribution in [0, 0.1) is 11.8 Å². The Hall–Kier alpha value is -2.18. The first-order valence-electron chi connectivity index (χ1n) is 8.49. The first kappa shape index (κ1) is 17.6. The first-order valence-corrected chi connectivity index (χ1v) is 8.49. The normalized spacial score (nSPS) is 23.7. The molecule has 1 aromatic rings. The summed E-state index contributed by atoms with van der Waals surface area (Å²) < 4.78 is 10.8. The van der Waals surface area contributed by atoms with Gasteiger partial charge in [-0.3, -0.25) is 14.5 Å². The fourth-order valence-electron chi connectivity index (χ4n) is 3.44. The number of allylic oxidation sites excluding steroid dienone is 2. The lowest BCUT2D eigenvalue weighted by atomic mass is 9.85. The van der Waals surface area contributed by atoms with Crippen molar-refractivity contribution in [1.29, 1.82) is 0 Å². The van der Waals surface area contributed by atoms with Crippen LogP contribution in [0.25, 0.3) is 0 Å². The average Bonchev–Trinajstić information content (AvgIpc) is 2.87. The van der Waals surface area contributed by atoms with Crippen LogP contribution in [0.15, 0.2) is 36.4 Å². The van der Waals surface area contributed by atoms with E-state index in [9.17, 15) is 14.7 Å². The monoisotopic (exact) mass is 345 g/mol. The van der Waals surface area contributed by atoms with Crippen molar-refractivity contribution in [3.8, 4) is 5.75 Å². The third kappa shape index (κ3) is 3.75. The van der Waals surface area contributed by atoms with Gasteiger partial charge in [-0.1, -0.05) is 30.4 Å². The van der Waals surface area contributed by atoms with Crippen molar-refractivity contribution in [3.63, 3.8) is 0 Å². The van der Waals surface area contributed by atoms with Gasteiger partial charge in [0.2, 0.25) is 11.8 Å². The van der Waals surface area contributed by atoms with E-state index in [1.165, 1.54) is 4.90 Å². The zero-order chi connectivity index (χ0) is 17.8. The third-order valence-corrected chi connectivity index (χ3v) is 4.75. The Labute approximate surface area is 147 Å². The van der Waals surface area contributed by atoms with Gasteiger partial charge in [-0.15, -0.1) is 0 Å².